The third kappa shape index (κ3) is 3.55. The highest BCUT2D eigenvalue weighted by molar-refractivity contribution is 7.94. The van der Waals surface area contributed by atoms with Crippen LogP contribution in [0.4, 0.5) is 11.4 Å². The molecule has 0 N–H and O–H groups in total. The molecule has 0 unspecified atom stereocenters. The molecule has 1 aliphatic heterocycles. The molecule has 0 saturated carbocycles. The summed E-state index contributed by atoms with van der Waals surface area (Å²) in [6.45, 7) is 0.871. The van der Waals surface area contributed by atoms with E-state index in [-0.39, 0.29) is 0 Å². The normalized spacial score (nSPS) is 15.0. The topological polar surface area (TPSA) is 40.6 Å². The second-order valence-corrected chi connectivity index (χ2v) is 8.39. The molecule has 0 aromatic heterocycles. The minimum Gasteiger partial charge on any atom is -0.251 e. The standard InChI is InChI=1S/C22H22N2O2S/c25-27(26)23(17-15-19-9-3-1-4-10-19)21-13-7-8-14-22(21)24(27)18-16-20-11-5-2-6-12-20/h1-14H,15-18H2. The average Bonchev–Trinajstić information content (AvgIpc) is 2.92. The van der Waals surface area contributed by atoms with Gasteiger partial charge in [0.15, 0.2) is 0 Å². The minimum atomic E-state index is -3.56. The van der Waals surface area contributed by atoms with Gasteiger partial charge in [0.05, 0.1) is 11.4 Å². The van der Waals surface area contributed by atoms with Gasteiger partial charge in [-0.25, -0.2) is 0 Å². The van der Waals surface area contributed by atoms with Crippen molar-refractivity contribution in [1.29, 1.82) is 0 Å². The summed E-state index contributed by atoms with van der Waals surface area (Å²) >= 11 is 0. The van der Waals surface area contributed by atoms with Gasteiger partial charge in [0.1, 0.15) is 0 Å². The first-order valence-electron chi connectivity index (χ1n) is 9.13. The third-order valence-corrected chi connectivity index (χ3v) is 6.74. The number of hydrogen-bond acceptors (Lipinski definition) is 2. The van der Waals surface area contributed by atoms with E-state index in [1.165, 1.54) is 0 Å². The lowest BCUT2D eigenvalue weighted by molar-refractivity contribution is 0.588. The van der Waals surface area contributed by atoms with Crippen LogP contribution in [0.3, 0.4) is 0 Å². The van der Waals surface area contributed by atoms with Gasteiger partial charge in [-0.15, -0.1) is 0 Å². The highest BCUT2D eigenvalue weighted by atomic mass is 32.2. The second-order valence-electron chi connectivity index (χ2n) is 6.61. The van der Waals surface area contributed by atoms with E-state index < -0.39 is 10.2 Å². The monoisotopic (exact) mass is 378 g/mol. The van der Waals surface area contributed by atoms with Gasteiger partial charge >= 0.3 is 10.2 Å². The van der Waals surface area contributed by atoms with Gasteiger partial charge in [0, 0.05) is 13.1 Å². The Morgan fingerprint density at radius 1 is 0.556 bits per heavy atom. The van der Waals surface area contributed by atoms with Crippen molar-refractivity contribution in [3.8, 4) is 0 Å². The average molecular weight is 378 g/mol. The van der Waals surface area contributed by atoms with Crippen LogP contribution in [-0.2, 0) is 23.1 Å². The molecule has 0 aliphatic carbocycles. The molecular weight excluding hydrogens is 356 g/mol. The van der Waals surface area contributed by atoms with Crippen molar-refractivity contribution in [3.05, 3.63) is 96.1 Å². The van der Waals surface area contributed by atoms with Crippen molar-refractivity contribution in [2.24, 2.45) is 0 Å². The van der Waals surface area contributed by atoms with Crippen LogP contribution in [0.1, 0.15) is 11.1 Å². The maximum absolute atomic E-state index is 13.2. The van der Waals surface area contributed by atoms with Crippen LogP contribution in [0.2, 0.25) is 0 Å². The van der Waals surface area contributed by atoms with Crippen LogP contribution in [-0.4, -0.2) is 21.5 Å². The van der Waals surface area contributed by atoms with Gasteiger partial charge in [0.2, 0.25) is 0 Å². The van der Waals surface area contributed by atoms with Crippen LogP contribution < -0.4 is 8.61 Å². The molecule has 27 heavy (non-hydrogen) atoms. The molecule has 0 radical (unpaired) electrons. The number of rotatable bonds is 6. The summed E-state index contributed by atoms with van der Waals surface area (Å²) in [5, 5.41) is 0. The van der Waals surface area contributed by atoms with E-state index >= 15 is 0 Å². The number of benzene rings is 3. The predicted molar refractivity (Wildman–Crippen MR) is 110 cm³/mol. The van der Waals surface area contributed by atoms with Gasteiger partial charge < -0.3 is 0 Å². The first kappa shape index (κ1) is 17.6. The molecule has 4 nitrogen and oxygen atoms in total. The van der Waals surface area contributed by atoms with Gasteiger partial charge in [-0.2, -0.15) is 8.42 Å². The number of anilines is 2. The van der Waals surface area contributed by atoms with Crippen LogP contribution in [0, 0.1) is 0 Å². The molecule has 0 atom stereocenters. The van der Waals surface area contributed by atoms with E-state index in [1.54, 1.807) is 8.61 Å². The Labute approximate surface area is 160 Å². The van der Waals surface area contributed by atoms with E-state index in [0.717, 1.165) is 22.5 Å². The maximum atomic E-state index is 13.2. The van der Waals surface area contributed by atoms with E-state index in [0.29, 0.717) is 25.9 Å². The molecule has 0 saturated heterocycles. The molecule has 0 amide bonds. The van der Waals surface area contributed by atoms with Crippen LogP contribution >= 0.6 is 0 Å². The molecule has 5 heteroatoms. The lowest BCUT2D eigenvalue weighted by Crippen LogP contribution is -2.39. The Kier molecular flexibility index (Phi) is 4.86. The fourth-order valence-electron chi connectivity index (χ4n) is 3.48. The van der Waals surface area contributed by atoms with Crippen LogP contribution in [0.5, 0.6) is 0 Å². The number of nitrogens with zero attached hydrogens (tertiary/aromatic N) is 2. The largest absolute Gasteiger partial charge is 0.326 e. The highest BCUT2D eigenvalue weighted by Gasteiger charge is 2.39. The molecule has 3 aromatic rings. The molecule has 4 rings (SSSR count). The zero-order chi connectivity index (χ0) is 18.7. The van der Waals surface area contributed by atoms with Crippen molar-refractivity contribution in [2.75, 3.05) is 21.7 Å². The van der Waals surface area contributed by atoms with E-state index in [1.807, 2.05) is 84.9 Å². The lowest BCUT2D eigenvalue weighted by Gasteiger charge is -2.22. The summed E-state index contributed by atoms with van der Waals surface area (Å²) in [5.41, 5.74) is 3.80. The summed E-state index contributed by atoms with van der Waals surface area (Å²) in [6.07, 6.45) is 1.36. The molecule has 0 bridgehead atoms. The summed E-state index contributed by atoms with van der Waals surface area (Å²) in [5.74, 6) is 0. The lowest BCUT2D eigenvalue weighted by atomic mass is 10.1. The fraction of sp³-hybridized carbons (Fsp3) is 0.182. The van der Waals surface area contributed by atoms with E-state index in [4.69, 9.17) is 0 Å². The van der Waals surface area contributed by atoms with Crippen molar-refractivity contribution in [1.82, 2.24) is 0 Å². The van der Waals surface area contributed by atoms with Crippen LogP contribution in [0.15, 0.2) is 84.9 Å². The molecule has 138 valence electrons. The smallest absolute Gasteiger partial charge is 0.251 e. The van der Waals surface area contributed by atoms with Gasteiger partial charge in [-0.1, -0.05) is 72.8 Å². The quantitative estimate of drug-likeness (QED) is 0.649. The second kappa shape index (κ2) is 7.45. The fourth-order valence-corrected chi connectivity index (χ4v) is 5.16. The summed E-state index contributed by atoms with van der Waals surface area (Å²) in [7, 11) is -3.56. The maximum Gasteiger partial charge on any atom is 0.326 e. The Morgan fingerprint density at radius 2 is 0.926 bits per heavy atom. The number of para-hydroxylation sites is 2. The van der Waals surface area contributed by atoms with Crippen molar-refractivity contribution < 1.29 is 8.42 Å². The van der Waals surface area contributed by atoms with Crippen molar-refractivity contribution >= 4 is 21.6 Å². The molecule has 3 aromatic carbocycles. The molecule has 1 heterocycles. The molecular formula is C22H22N2O2S. The van der Waals surface area contributed by atoms with Crippen LogP contribution in [0.25, 0.3) is 0 Å². The minimum absolute atomic E-state index is 0.436. The van der Waals surface area contributed by atoms with Gasteiger partial charge in [-0.05, 0) is 36.1 Å². The molecule has 0 fully saturated rings. The van der Waals surface area contributed by atoms with Gasteiger partial charge in [0.25, 0.3) is 0 Å². The highest BCUT2D eigenvalue weighted by Crippen LogP contribution is 2.40. The molecule has 0 spiro atoms. The van der Waals surface area contributed by atoms with Gasteiger partial charge in [-0.3, -0.25) is 8.61 Å². The molecule has 1 aliphatic rings. The summed E-state index contributed by atoms with van der Waals surface area (Å²) in [4.78, 5) is 0. The zero-order valence-corrected chi connectivity index (χ0v) is 15.8. The number of fused-ring (bicyclic) bond motifs is 1. The van der Waals surface area contributed by atoms with Crippen molar-refractivity contribution in [3.63, 3.8) is 0 Å². The summed E-state index contributed by atoms with van der Waals surface area (Å²) in [6, 6.07) is 27.5. The SMILES string of the molecule is O=S1(=O)N(CCc2ccccc2)c2ccccc2N1CCc1ccccc1. The Balaban J connectivity index is 1.58. The Morgan fingerprint density at radius 3 is 1.33 bits per heavy atom. The Bertz CT molecular complexity index is 928. The zero-order valence-electron chi connectivity index (χ0n) is 15.0. The van der Waals surface area contributed by atoms with E-state index in [2.05, 4.69) is 0 Å². The Hall–Kier alpha value is -2.79. The predicted octanol–water partition coefficient (Wildman–Crippen LogP) is 4.04. The first-order valence-corrected chi connectivity index (χ1v) is 10.5. The first-order chi connectivity index (χ1) is 13.2. The summed E-state index contributed by atoms with van der Waals surface area (Å²) < 4.78 is 29.6. The third-order valence-electron chi connectivity index (χ3n) is 4.87. The van der Waals surface area contributed by atoms with E-state index in [9.17, 15) is 8.42 Å². The van der Waals surface area contributed by atoms with Crippen molar-refractivity contribution in [2.45, 2.75) is 12.8 Å². The number of hydrogen-bond donors (Lipinski definition) is 0.